The van der Waals surface area contributed by atoms with Crippen LogP contribution < -0.4 is 16.0 Å². The summed E-state index contributed by atoms with van der Waals surface area (Å²) in [5.74, 6) is 0.361. The highest BCUT2D eigenvalue weighted by molar-refractivity contribution is 6.00. The summed E-state index contributed by atoms with van der Waals surface area (Å²) in [5.41, 5.74) is 5.54. The number of para-hydroxylation sites is 1. The molecular formula is C28H27N5O2. The number of allylic oxidation sites excluding steroid dienone is 1. The lowest BCUT2D eigenvalue weighted by atomic mass is 10.0. The summed E-state index contributed by atoms with van der Waals surface area (Å²) in [5, 5.41) is 10.5. The highest BCUT2D eigenvalue weighted by Crippen LogP contribution is 2.30. The molecule has 0 saturated carbocycles. The van der Waals surface area contributed by atoms with Gasteiger partial charge in [-0.2, -0.15) is 0 Å². The predicted molar refractivity (Wildman–Crippen MR) is 140 cm³/mol. The fourth-order valence-electron chi connectivity index (χ4n) is 4.14. The molecule has 0 bridgehead atoms. The molecule has 35 heavy (non-hydrogen) atoms. The molecule has 5 rings (SSSR count). The van der Waals surface area contributed by atoms with Crippen molar-refractivity contribution in [1.82, 2.24) is 15.3 Å². The van der Waals surface area contributed by atoms with Gasteiger partial charge in [-0.15, -0.1) is 0 Å². The van der Waals surface area contributed by atoms with Crippen molar-refractivity contribution in [2.45, 2.75) is 13.0 Å². The van der Waals surface area contributed by atoms with Crippen LogP contribution in [0.2, 0.25) is 0 Å². The molecule has 4 aromatic rings. The molecule has 1 saturated heterocycles. The van der Waals surface area contributed by atoms with E-state index < -0.39 is 0 Å². The van der Waals surface area contributed by atoms with Crippen LogP contribution in [-0.2, 0) is 9.53 Å². The molecule has 0 spiro atoms. The van der Waals surface area contributed by atoms with Gasteiger partial charge in [0.2, 0.25) is 11.9 Å². The minimum atomic E-state index is -0.159. The van der Waals surface area contributed by atoms with E-state index in [9.17, 15) is 4.79 Å². The number of hydrogen-bond acceptors (Lipinski definition) is 6. The summed E-state index contributed by atoms with van der Waals surface area (Å²) in [7, 11) is 0. The maximum atomic E-state index is 12.0. The topological polar surface area (TPSA) is 88.2 Å². The summed E-state index contributed by atoms with van der Waals surface area (Å²) >= 11 is 0. The van der Waals surface area contributed by atoms with Crippen molar-refractivity contribution in [2.75, 3.05) is 30.3 Å². The maximum absolute atomic E-state index is 12.0. The number of nitrogens with one attached hydrogen (secondary N) is 3. The summed E-state index contributed by atoms with van der Waals surface area (Å²) in [4.78, 5) is 21.3. The van der Waals surface area contributed by atoms with Crippen LogP contribution in [0.4, 0.5) is 17.3 Å². The van der Waals surface area contributed by atoms with Gasteiger partial charge < -0.3 is 20.7 Å². The SMILES string of the molecule is C/C=C\C(=O)Nc1cccc(-c2cccc3cnc(Nc4ccc(C5CNCCO5)cc4)nc23)c1. The van der Waals surface area contributed by atoms with Crippen LogP contribution in [0.1, 0.15) is 18.6 Å². The fraction of sp³-hybridized carbons (Fsp3) is 0.179. The van der Waals surface area contributed by atoms with Gasteiger partial charge >= 0.3 is 0 Å². The average Bonchev–Trinajstić information content (AvgIpc) is 2.89. The number of amides is 1. The number of morpholine rings is 1. The Labute approximate surface area is 204 Å². The molecule has 1 aliphatic heterocycles. The van der Waals surface area contributed by atoms with Crippen LogP contribution in [0.3, 0.4) is 0 Å². The number of rotatable bonds is 6. The minimum absolute atomic E-state index is 0.0795. The highest BCUT2D eigenvalue weighted by Gasteiger charge is 2.15. The number of carbonyl (C=O) groups excluding carboxylic acids is 1. The zero-order valence-corrected chi connectivity index (χ0v) is 19.5. The third-order valence-corrected chi connectivity index (χ3v) is 5.84. The summed E-state index contributed by atoms with van der Waals surface area (Å²) < 4.78 is 5.83. The minimum Gasteiger partial charge on any atom is -0.371 e. The molecule has 3 aromatic carbocycles. The highest BCUT2D eigenvalue weighted by atomic mass is 16.5. The van der Waals surface area contributed by atoms with Crippen LogP contribution in [-0.4, -0.2) is 35.6 Å². The van der Waals surface area contributed by atoms with Crippen LogP contribution in [0.5, 0.6) is 0 Å². The van der Waals surface area contributed by atoms with Crippen molar-refractivity contribution in [3.05, 3.63) is 90.6 Å². The summed E-state index contributed by atoms with van der Waals surface area (Å²) in [6.45, 7) is 4.26. The molecule has 3 N–H and O–H groups in total. The number of ether oxygens (including phenoxy) is 1. The maximum Gasteiger partial charge on any atom is 0.248 e. The van der Waals surface area contributed by atoms with Gasteiger partial charge in [0, 0.05) is 41.6 Å². The molecule has 1 atom stereocenters. The van der Waals surface area contributed by atoms with E-state index in [0.29, 0.717) is 5.95 Å². The number of fused-ring (bicyclic) bond motifs is 1. The lowest BCUT2D eigenvalue weighted by molar-refractivity contribution is -0.111. The monoisotopic (exact) mass is 465 g/mol. The second-order valence-corrected chi connectivity index (χ2v) is 8.32. The fourth-order valence-corrected chi connectivity index (χ4v) is 4.14. The Hall–Kier alpha value is -4.07. The van der Waals surface area contributed by atoms with Gasteiger partial charge in [0.25, 0.3) is 0 Å². The van der Waals surface area contributed by atoms with Crippen molar-refractivity contribution in [3.8, 4) is 11.1 Å². The lowest BCUT2D eigenvalue weighted by Gasteiger charge is -2.24. The molecule has 1 unspecified atom stereocenters. The molecular weight excluding hydrogens is 438 g/mol. The van der Waals surface area contributed by atoms with Crippen LogP contribution >= 0.6 is 0 Å². The van der Waals surface area contributed by atoms with E-state index in [0.717, 1.165) is 58.7 Å². The smallest absolute Gasteiger partial charge is 0.248 e. The van der Waals surface area contributed by atoms with Gasteiger partial charge in [-0.05, 0) is 48.4 Å². The number of benzene rings is 3. The number of carbonyl (C=O) groups is 1. The number of anilines is 3. The second kappa shape index (κ2) is 10.5. The van der Waals surface area contributed by atoms with Gasteiger partial charge in [0.15, 0.2) is 0 Å². The Morgan fingerprint density at radius 3 is 2.74 bits per heavy atom. The van der Waals surface area contributed by atoms with E-state index in [2.05, 4.69) is 33.1 Å². The van der Waals surface area contributed by atoms with Gasteiger partial charge in [0.05, 0.1) is 18.2 Å². The largest absolute Gasteiger partial charge is 0.371 e. The van der Waals surface area contributed by atoms with E-state index in [4.69, 9.17) is 9.72 Å². The Kier molecular flexibility index (Phi) is 6.79. The first-order chi connectivity index (χ1) is 17.2. The normalized spacial score (nSPS) is 15.9. The molecule has 7 nitrogen and oxygen atoms in total. The molecule has 176 valence electrons. The quantitative estimate of drug-likeness (QED) is 0.339. The van der Waals surface area contributed by atoms with Crippen LogP contribution in [0.25, 0.3) is 22.0 Å². The second-order valence-electron chi connectivity index (χ2n) is 8.32. The molecule has 1 aromatic heterocycles. The zero-order chi connectivity index (χ0) is 24.0. The molecule has 7 heteroatoms. The van der Waals surface area contributed by atoms with Gasteiger partial charge in [-0.25, -0.2) is 9.97 Å². The van der Waals surface area contributed by atoms with E-state index >= 15 is 0 Å². The first-order valence-corrected chi connectivity index (χ1v) is 11.7. The van der Waals surface area contributed by atoms with E-state index in [1.54, 1.807) is 6.08 Å². The third kappa shape index (κ3) is 5.37. The first kappa shape index (κ1) is 22.7. The number of hydrogen-bond donors (Lipinski definition) is 3. The Morgan fingerprint density at radius 2 is 1.94 bits per heavy atom. The van der Waals surface area contributed by atoms with Gasteiger partial charge in [0.1, 0.15) is 0 Å². The standard InChI is InChI=1S/C28H27N5O2/c1-2-5-26(34)31-23-8-3-6-20(16-23)24-9-4-7-21-17-30-28(33-27(21)24)32-22-12-10-19(11-13-22)25-18-29-14-15-35-25/h2-13,16-17,25,29H,14-15,18H2,1H3,(H,31,34)(H,30,32,33)/b5-2-. The Morgan fingerprint density at radius 1 is 1.09 bits per heavy atom. The molecule has 0 radical (unpaired) electrons. The molecule has 1 aliphatic rings. The van der Waals surface area contributed by atoms with Crippen molar-refractivity contribution in [2.24, 2.45) is 0 Å². The third-order valence-electron chi connectivity index (χ3n) is 5.84. The Bertz CT molecular complexity index is 1360. The van der Waals surface area contributed by atoms with Crippen LogP contribution in [0, 0.1) is 0 Å². The number of nitrogens with zero attached hydrogens (tertiary/aromatic N) is 2. The van der Waals surface area contributed by atoms with Crippen molar-refractivity contribution in [3.63, 3.8) is 0 Å². The lowest BCUT2D eigenvalue weighted by Crippen LogP contribution is -2.33. The first-order valence-electron chi connectivity index (χ1n) is 11.7. The van der Waals surface area contributed by atoms with E-state index in [1.165, 1.54) is 6.08 Å². The van der Waals surface area contributed by atoms with Gasteiger partial charge in [-0.3, -0.25) is 4.79 Å². The number of aromatic nitrogens is 2. The van der Waals surface area contributed by atoms with Crippen molar-refractivity contribution in [1.29, 1.82) is 0 Å². The van der Waals surface area contributed by atoms with E-state index in [-0.39, 0.29) is 12.0 Å². The molecule has 1 fully saturated rings. The Balaban J connectivity index is 1.40. The molecule has 0 aliphatic carbocycles. The average molecular weight is 466 g/mol. The van der Waals surface area contributed by atoms with Crippen molar-refractivity contribution < 1.29 is 9.53 Å². The predicted octanol–water partition coefficient (Wildman–Crippen LogP) is 5.22. The van der Waals surface area contributed by atoms with E-state index in [1.807, 2.05) is 67.7 Å². The molecule has 1 amide bonds. The van der Waals surface area contributed by atoms with Crippen molar-refractivity contribution >= 4 is 34.1 Å². The van der Waals surface area contributed by atoms with Crippen LogP contribution in [0.15, 0.2) is 85.1 Å². The van der Waals surface area contributed by atoms with Gasteiger partial charge in [-0.1, -0.05) is 48.5 Å². The molecule has 2 heterocycles. The summed E-state index contributed by atoms with van der Waals surface area (Å²) in [6.07, 6.45) is 5.11. The summed E-state index contributed by atoms with van der Waals surface area (Å²) in [6, 6.07) is 21.9. The zero-order valence-electron chi connectivity index (χ0n) is 19.5.